The summed E-state index contributed by atoms with van der Waals surface area (Å²) in [5.74, 6) is 2.11. The maximum atomic E-state index is 3.94. The Morgan fingerprint density at radius 2 is 1.31 bits per heavy atom. The minimum Gasteiger partial charge on any atom is -0.311 e. The Balaban J connectivity index is 1.59. The molecule has 1 heteroatoms. The van der Waals surface area contributed by atoms with Crippen molar-refractivity contribution in [3.05, 3.63) is 0 Å². The first-order valence-electron chi connectivity index (χ1n) is 7.69. The Labute approximate surface area is 100 Å². The molecule has 3 rings (SSSR count). The van der Waals surface area contributed by atoms with Gasteiger partial charge in [-0.1, -0.05) is 44.9 Å². The summed E-state index contributed by atoms with van der Waals surface area (Å²) >= 11 is 0. The van der Waals surface area contributed by atoms with Gasteiger partial charge in [-0.2, -0.15) is 0 Å². The fourth-order valence-electron chi connectivity index (χ4n) is 4.05. The van der Waals surface area contributed by atoms with Gasteiger partial charge in [-0.05, 0) is 37.5 Å². The van der Waals surface area contributed by atoms with E-state index < -0.39 is 0 Å². The number of hydrogen-bond acceptors (Lipinski definition) is 1. The highest BCUT2D eigenvalue weighted by molar-refractivity contribution is 4.92. The predicted octanol–water partition coefficient (Wildman–Crippen LogP) is 3.88. The number of rotatable bonds is 3. The molecule has 0 spiro atoms. The zero-order chi connectivity index (χ0) is 10.8. The Morgan fingerprint density at radius 1 is 0.625 bits per heavy atom. The van der Waals surface area contributed by atoms with Crippen LogP contribution in [-0.4, -0.2) is 12.1 Å². The summed E-state index contributed by atoms with van der Waals surface area (Å²) < 4.78 is 0. The summed E-state index contributed by atoms with van der Waals surface area (Å²) in [7, 11) is 0. The highest BCUT2D eigenvalue weighted by Gasteiger charge is 2.35. The van der Waals surface area contributed by atoms with Crippen LogP contribution in [0.2, 0.25) is 0 Å². The van der Waals surface area contributed by atoms with Crippen molar-refractivity contribution in [3.8, 4) is 0 Å². The SMILES string of the molecule is C1CCC([C@@H]2CCCC[C@@H]2NC2CC2)CC1. The van der Waals surface area contributed by atoms with Gasteiger partial charge >= 0.3 is 0 Å². The van der Waals surface area contributed by atoms with E-state index in [9.17, 15) is 0 Å². The summed E-state index contributed by atoms with van der Waals surface area (Å²) in [5.41, 5.74) is 0. The molecule has 1 nitrogen and oxygen atoms in total. The van der Waals surface area contributed by atoms with Crippen LogP contribution in [0.1, 0.15) is 70.6 Å². The molecule has 0 aromatic carbocycles. The van der Waals surface area contributed by atoms with Crippen LogP contribution in [0.15, 0.2) is 0 Å². The maximum Gasteiger partial charge on any atom is 0.0101 e. The van der Waals surface area contributed by atoms with E-state index in [1.165, 1.54) is 70.6 Å². The van der Waals surface area contributed by atoms with E-state index in [1.54, 1.807) is 0 Å². The molecule has 0 bridgehead atoms. The highest BCUT2D eigenvalue weighted by atomic mass is 15.0. The van der Waals surface area contributed by atoms with Gasteiger partial charge < -0.3 is 5.32 Å². The maximum absolute atomic E-state index is 3.94. The smallest absolute Gasteiger partial charge is 0.0101 e. The molecule has 0 unspecified atom stereocenters. The lowest BCUT2D eigenvalue weighted by Crippen LogP contribution is -2.43. The van der Waals surface area contributed by atoms with Crippen molar-refractivity contribution in [2.75, 3.05) is 0 Å². The molecule has 3 fully saturated rings. The van der Waals surface area contributed by atoms with Crippen molar-refractivity contribution in [1.82, 2.24) is 5.32 Å². The molecule has 0 aliphatic heterocycles. The largest absolute Gasteiger partial charge is 0.311 e. The van der Waals surface area contributed by atoms with Gasteiger partial charge in [0, 0.05) is 12.1 Å². The average Bonchev–Trinajstić information content (AvgIpc) is 3.15. The zero-order valence-electron chi connectivity index (χ0n) is 10.6. The lowest BCUT2D eigenvalue weighted by atomic mass is 9.71. The third-order valence-electron chi connectivity index (χ3n) is 5.10. The van der Waals surface area contributed by atoms with E-state index >= 15 is 0 Å². The van der Waals surface area contributed by atoms with E-state index in [0.29, 0.717) is 0 Å². The van der Waals surface area contributed by atoms with Gasteiger partial charge in [0.05, 0.1) is 0 Å². The van der Waals surface area contributed by atoms with Crippen LogP contribution in [-0.2, 0) is 0 Å². The summed E-state index contributed by atoms with van der Waals surface area (Å²) in [6.07, 6.45) is 16.5. The lowest BCUT2D eigenvalue weighted by molar-refractivity contribution is 0.149. The molecular formula is C15H27N. The molecule has 1 N–H and O–H groups in total. The molecule has 3 aliphatic carbocycles. The Hall–Kier alpha value is -0.0400. The minimum atomic E-state index is 0.893. The molecule has 16 heavy (non-hydrogen) atoms. The van der Waals surface area contributed by atoms with Gasteiger partial charge in [0.15, 0.2) is 0 Å². The highest BCUT2D eigenvalue weighted by Crippen LogP contribution is 2.39. The molecule has 0 amide bonds. The molecule has 92 valence electrons. The van der Waals surface area contributed by atoms with Gasteiger partial charge in [0.2, 0.25) is 0 Å². The van der Waals surface area contributed by atoms with Crippen LogP contribution >= 0.6 is 0 Å². The van der Waals surface area contributed by atoms with Crippen LogP contribution in [0.4, 0.5) is 0 Å². The van der Waals surface area contributed by atoms with Gasteiger partial charge in [0.1, 0.15) is 0 Å². The quantitative estimate of drug-likeness (QED) is 0.762. The Kier molecular flexibility index (Phi) is 3.51. The first-order valence-corrected chi connectivity index (χ1v) is 7.69. The first-order chi connectivity index (χ1) is 7.93. The van der Waals surface area contributed by atoms with E-state index in [2.05, 4.69) is 5.32 Å². The summed E-state index contributed by atoms with van der Waals surface area (Å²) in [6, 6.07) is 1.80. The van der Waals surface area contributed by atoms with Gasteiger partial charge in [-0.15, -0.1) is 0 Å². The minimum absolute atomic E-state index is 0.893. The second kappa shape index (κ2) is 5.08. The standard InChI is InChI=1S/C15H27N/c1-2-6-12(7-3-1)14-8-4-5-9-15(14)16-13-10-11-13/h12-16H,1-11H2/t14-,15-/m0/s1. The molecule has 0 radical (unpaired) electrons. The van der Waals surface area contributed by atoms with Crippen LogP contribution in [0, 0.1) is 11.8 Å². The van der Waals surface area contributed by atoms with Crippen LogP contribution in [0.3, 0.4) is 0 Å². The second-order valence-corrected chi connectivity index (χ2v) is 6.39. The average molecular weight is 221 g/mol. The van der Waals surface area contributed by atoms with Crippen LogP contribution in [0.25, 0.3) is 0 Å². The zero-order valence-corrected chi connectivity index (χ0v) is 10.6. The van der Waals surface area contributed by atoms with Crippen molar-refractivity contribution in [2.24, 2.45) is 11.8 Å². The fraction of sp³-hybridized carbons (Fsp3) is 1.00. The summed E-state index contributed by atoms with van der Waals surface area (Å²) in [4.78, 5) is 0. The monoisotopic (exact) mass is 221 g/mol. The van der Waals surface area contributed by atoms with Crippen molar-refractivity contribution >= 4 is 0 Å². The van der Waals surface area contributed by atoms with E-state index in [4.69, 9.17) is 0 Å². The molecule has 2 atom stereocenters. The molecule has 3 aliphatic rings. The second-order valence-electron chi connectivity index (χ2n) is 6.39. The molecule has 0 aromatic rings. The van der Waals surface area contributed by atoms with E-state index in [1.807, 2.05) is 0 Å². The van der Waals surface area contributed by atoms with Crippen LogP contribution < -0.4 is 5.32 Å². The predicted molar refractivity (Wildman–Crippen MR) is 68.5 cm³/mol. The first kappa shape index (κ1) is 11.1. The Morgan fingerprint density at radius 3 is 2.06 bits per heavy atom. The van der Waals surface area contributed by atoms with Gasteiger partial charge in [0.25, 0.3) is 0 Å². The summed E-state index contributed by atoms with van der Waals surface area (Å²) in [6.45, 7) is 0. The van der Waals surface area contributed by atoms with Crippen molar-refractivity contribution in [1.29, 1.82) is 0 Å². The van der Waals surface area contributed by atoms with Gasteiger partial charge in [-0.3, -0.25) is 0 Å². The van der Waals surface area contributed by atoms with E-state index in [-0.39, 0.29) is 0 Å². The third kappa shape index (κ3) is 2.61. The molecule has 3 saturated carbocycles. The van der Waals surface area contributed by atoms with Crippen LogP contribution in [0.5, 0.6) is 0 Å². The van der Waals surface area contributed by atoms with Crippen molar-refractivity contribution in [2.45, 2.75) is 82.7 Å². The van der Waals surface area contributed by atoms with Gasteiger partial charge in [-0.25, -0.2) is 0 Å². The third-order valence-corrected chi connectivity index (χ3v) is 5.10. The fourth-order valence-corrected chi connectivity index (χ4v) is 4.05. The number of nitrogens with one attached hydrogen (secondary N) is 1. The lowest BCUT2D eigenvalue weighted by Gasteiger charge is -2.39. The summed E-state index contributed by atoms with van der Waals surface area (Å²) in [5, 5.41) is 3.94. The topological polar surface area (TPSA) is 12.0 Å². The molecule has 0 aromatic heterocycles. The number of hydrogen-bond donors (Lipinski definition) is 1. The van der Waals surface area contributed by atoms with Crippen molar-refractivity contribution < 1.29 is 0 Å². The van der Waals surface area contributed by atoms with Crippen molar-refractivity contribution in [3.63, 3.8) is 0 Å². The Bertz CT molecular complexity index is 215. The molecule has 0 heterocycles. The van der Waals surface area contributed by atoms with E-state index in [0.717, 1.165) is 23.9 Å². The molecular weight excluding hydrogens is 194 g/mol. The normalized spacial score (nSPS) is 37.5. The molecule has 0 saturated heterocycles.